The van der Waals surface area contributed by atoms with Crippen molar-refractivity contribution in [2.45, 2.75) is 98.4 Å². The lowest BCUT2D eigenvalue weighted by atomic mass is 9.87. The third-order valence-corrected chi connectivity index (χ3v) is 7.38. The van der Waals surface area contributed by atoms with Gasteiger partial charge in [0.1, 0.15) is 0 Å². The van der Waals surface area contributed by atoms with Crippen LogP contribution in [0.15, 0.2) is 47.3 Å². The summed E-state index contributed by atoms with van der Waals surface area (Å²) in [4.78, 5) is 10.9. The van der Waals surface area contributed by atoms with Crippen molar-refractivity contribution in [1.29, 1.82) is 0 Å². The summed E-state index contributed by atoms with van der Waals surface area (Å²) in [5.41, 5.74) is 2.13. The number of rotatable bonds is 16. The lowest BCUT2D eigenvalue weighted by Gasteiger charge is -2.29. The minimum Gasteiger partial charge on any atom is -0.493 e. The highest BCUT2D eigenvalue weighted by Gasteiger charge is 2.22. The number of hydrogen-bond donors (Lipinski definition) is 1. The van der Waals surface area contributed by atoms with Gasteiger partial charge >= 0.3 is 0 Å². The Morgan fingerprint density at radius 3 is 2.44 bits per heavy atom. The Balaban J connectivity index is 2.50. The molecule has 7 atom stereocenters. The molecule has 5 heteroatoms. The number of hydrogen-bond acceptors (Lipinski definition) is 5. The molecule has 1 fully saturated rings. The van der Waals surface area contributed by atoms with E-state index < -0.39 is 6.10 Å². The molecular formula is C31H52O5. The molecule has 0 saturated carbocycles. The van der Waals surface area contributed by atoms with Gasteiger partial charge in [0, 0.05) is 19.6 Å². The minimum atomic E-state index is -0.474. The van der Waals surface area contributed by atoms with Gasteiger partial charge in [-0.15, -0.1) is 0 Å². The summed E-state index contributed by atoms with van der Waals surface area (Å²) >= 11 is 0. The maximum Gasteiger partial charge on any atom is 0.184 e. The van der Waals surface area contributed by atoms with Crippen LogP contribution in [0.5, 0.6) is 0 Å². The molecule has 206 valence electrons. The maximum absolute atomic E-state index is 10.9. The molecule has 0 spiro atoms. The number of ether oxygens (including phenoxy) is 3. The zero-order valence-corrected chi connectivity index (χ0v) is 24.0. The van der Waals surface area contributed by atoms with Crippen molar-refractivity contribution in [3.8, 4) is 0 Å². The van der Waals surface area contributed by atoms with E-state index in [9.17, 15) is 9.90 Å². The highest BCUT2D eigenvalue weighted by atomic mass is 16.5. The molecule has 6 unspecified atom stereocenters. The van der Waals surface area contributed by atoms with Crippen LogP contribution in [0, 0.1) is 23.7 Å². The molecule has 36 heavy (non-hydrogen) atoms. The molecule has 1 aliphatic rings. The summed E-state index contributed by atoms with van der Waals surface area (Å²) in [5, 5.41) is 10.8. The van der Waals surface area contributed by atoms with Gasteiger partial charge in [0.05, 0.1) is 25.4 Å². The molecule has 0 aromatic carbocycles. The Morgan fingerprint density at radius 2 is 1.86 bits per heavy atom. The van der Waals surface area contributed by atoms with E-state index in [0.717, 1.165) is 37.9 Å². The van der Waals surface area contributed by atoms with E-state index in [1.165, 1.54) is 25.5 Å². The molecule has 1 aliphatic heterocycles. The number of carbonyl (C=O) groups excluding carboxylic acids is 1. The third kappa shape index (κ3) is 12.5. The second-order valence-corrected chi connectivity index (χ2v) is 11.0. The molecule has 1 saturated heterocycles. The zero-order valence-electron chi connectivity index (χ0n) is 24.0. The predicted molar refractivity (Wildman–Crippen MR) is 149 cm³/mol. The van der Waals surface area contributed by atoms with Crippen molar-refractivity contribution in [2.24, 2.45) is 23.7 Å². The van der Waals surface area contributed by atoms with E-state index >= 15 is 0 Å². The Labute approximate surface area is 220 Å². The van der Waals surface area contributed by atoms with Crippen LogP contribution >= 0.6 is 0 Å². The molecule has 5 nitrogen and oxygen atoms in total. The van der Waals surface area contributed by atoms with Crippen LogP contribution in [0.3, 0.4) is 0 Å². The molecule has 1 N–H and O–H groups in total. The smallest absolute Gasteiger partial charge is 0.184 e. The number of aliphatic hydroxyl groups excluding tert-OH is 1. The van der Waals surface area contributed by atoms with Crippen molar-refractivity contribution >= 4 is 6.29 Å². The highest BCUT2D eigenvalue weighted by Crippen LogP contribution is 2.26. The van der Waals surface area contributed by atoms with Crippen LogP contribution in [-0.2, 0) is 19.0 Å². The van der Waals surface area contributed by atoms with Crippen LogP contribution in [-0.4, -0.2) is 50.5 Å². The van der Waals surface area contributed by atoms with Gasteiger partial charge in [-0.3, -0.25) is 4.79 Å². The van der Waals surface area contributed by atoms with Gasteiger partial charge in [0.25, 0.3) is 0 Å². The van der Waals surface area contributed by atoms with Crippen molar-refractivity contribution < 1.29 is 24.1 Å². The molecule has 0 aliphatic carbocycles. The predicted octanol–water partition coefficient (Wildman–Crippen LogP) is 6.82. The molecule has 0 aromatic rings. The monoisotopic (exact) mass is 504 g/mol. The van der Waals surface area contributed by atoms with E-state index in [-0.39, 0.29) is 23.7 Å². The second kappa shape index (κ2) is 17.7. The SMILES string of the molecule is CO/C(C=O)=C\C(C)=C\C(C)C(O)[C@@H](C)C/C(C)=C/C=C/CC(OC)C(C)CCC1CCC(C)CO1. The Hall–Kier alpha value is -1.69. The number of aldehydes is 1. The van der Waals surface area contributed by atoms with Crippen LogP contribution < -0.4 is 0 Å². The molecule has 1 heterocycles. The van der Waals surface area contributed by atoms with Gasteiger partial charge in [0.15, 0.2) is 12.0 Å². The van der Waals surface area contributed by atoms with Crippen LogP contribution in [0.25, 0.3) is 0 Å². The molecule has 1 rings (SSSR count). The zero-order chi connectivity index (χ0) is 27.1. The number of aliphatic hydroxyl groups is 1. The first-order valence-electron chi connectivity index (χ1n) is 13.6. The van der Waals surface area contributed by atoms with Crippen molar-refractivity contribution in [2.75, 3.05) is 20.8 Å². The number of methoxy groups -OCH3 is 2. The molecule has 0 bridgehead atoms. The Bertz CT molecular complexity index is 742. The van der Waals surface area contributed by atoms with Gasteiger partial charge in [0.2, 0.25) is 0 Å². The molecule has 0 radical (unpaired) electrons. The highest BCUT2D eigenvalue weighted by molar-refractivity contribution is 5.71. The van der Waals surface area contributed by atoms with Gasteiger partial charge in [-0.25, -0.2) is 0 Å². The van der Waals surface area contributed by atoms with Crippen LogP contribution in [0.1, 0.15) is 80.1 Å². The quantitative estimate of drug-likeness (QED) is 0.108. The molecule has 0 aromatic heterocycles. The summed E-state index contributed by atoms with van der Waals surface area (Å²) in [7, 11) is 3.28. The van der Waals surface area contributed by atoms with E-state index in [0.29, 0.717) is 24.2 Å². The fourth-order valence-corrected chi connectivity index (χ4v) is 4.95. The summed E-state index contributed by atoms with van der Waals surface area (Å²) in [6, 6.07) is 0. The maximum atomic E-state index is 10.9. The first kappa shape index (κ1) is 32.3. The van der Waals surface area contributed by atoms with E-state index in [4.69, 9.17) is 14.2 Å². The standard InChI is InChI=1S/C31H52O5/c1-22(17-26(5)31(33)27(6)18-24(3)19-29(20-32)34-7)11-9-10-12-30(35-8)25(4)14-16-28-15-13-23(2)21-36-28/h9-11,18-20,23,25-28,30-31,33H,12-17,21H2,1-8H3/b10-9+,22-11+,24-18+,29-19-/t23?,25?,26-,27?,28?,30?,31?/m0/s1. The molecule has 0 amide bonds. The van der Waals surface area contributed by atoms with Crippen molar-refractivity contribution in [3.05, 3.63) is 47.3 Å². The largest absolute Gasteiger partial charge is 0.493 e. The van der Waals surface area contributed by atoms with E-state index in [1.807, 2.05) is 19.9 Å². The first-order valence-corrected chi connectivity index (χ1v) is 13.6. The van der Waals surface area contributed by atoms with E-state index in [1.54, 1.807) is 13.2 Å². The second-order valence-electron chi connectivity index (χ2n) is 11.0. The van der Waals surface area contributed by atoms with Crippen molar-refractivity contribution in [1.82, 2.24) is 0 Å². The van der Waals surface area contributed by atoms with Gasteiger partial charge in [-0.05, 0) is 76.2 Å². The number of allylic oxidation sites excluding steroid dienone is 6. The van der Waals surface area contributed by atoms with Crippen molar-refractivity contribution in [3.63, 3.8) is 0 Å². The summed E-state index contributed by atoms with van der Waals surface area (Å²) in [6.07, 6.45) is 17.4. The van der Waals surface area contributed by atoms with Crippen LogP contribution in [0.4, 0.5) is 0 Å². The van der Waals surface area contributed by atoms with Gasteiger partial charge in [-0.2, -0.15) is 0 Å². The normalized spacial score (nSPS) is 24.3. The average molecular weight is 505 g/mol. The topological polar surface area (TPSA) is 65.0 Å². The fraction of sp³-hybridized carbons (Fsp3) is 0.710. The average Bonchev–Trinajstić information content (AvgIpc) is 2.86. The lowest BCUT2D eigenvalue weighted by Crippen LogP contribution is -2.26. The summed E-state index contributed by atoms with van der Waals surface area (Å²) < 4.78 is 16.8. The Kier molecular flexibility index (Phi) is 15.9. The summed E-state index contributed by atoms with van der Waals surface area (Å²) in [6.45, 7) is 13.5. The van der Waals surface area contributed by atoms with Crippen LogP contribution in [0.2, 0.25) is 0 Å². The molecular weight excluding hydrogens is 452 g/mol. The minimum absolute atomic E-state index is 0.0318. The summed E-state index contributed by atoms with van der Waals surface area (Å²) in [5.74, 6) is 1.55. The Morgan fingerprint density at radius 1 is 1.14 bits per heavy atom. The third-order valence-electron chi connectivity index (χ3n) is 7.38. The van der Waals surface area contributed by atoms with E-state index in [2.05, 4.69) is 45.9 Å². The lowest BCUT2D eigenvalue weighted by molar-refractivity contribution is -0.107. The van der Waals surface area contributed by atoms with Gasteiger partial charge in [-0.1, -0.05) is 63.1 Å². The van der Waals surface area contributed by atoms with Gasteiger partial charge < -0.3 is 19.3 Å². The first-order chi connectivity index (χ1) is 17.1. The number of carbonyl (C=O) groups is 1. The fourth-order valence-electron chi connectivity index (χ4n) is 4.95.